The highest BCUT2D eigenvalue weighted by Gasteiger charge is 2.24. The number of hydrogen-bond donors (Lipinski definition) is 6. The maximum atomic E-state index is 13.0. The number of hydrogen-bond acceptors (Lipinski definition) is 5. The van der Waals surface area contributed by atoms with Crippen LogP contribution in [0.4, 0.5) is 5.69 Å². The molecule has 1 amide bonds. The van der Waals surface area contributed by atoms with Gasteiger partial charge in [-0.2, -0.15) is 0 Å². The zero-order chi connectivity index (χ0) is 26.0. The van der Waals surface area contributed by atoms with E-state index in [1.165, 1.54) is 12.1 Å². The Morgan fingerprint density at radius 1 is 0.667 bits per heavy atom. The van der Waals surface area contributed by atoms with E-state index in [0.717, 1.165) is 16.8 Å². The lowest BCUT2D eigenvalue weighted by atomic mass is 9.96. The summed E-state index contributed by atoms with van der Waals surface area (Å²) in [6.45, 7) is 0. The van der Waals surface area contributed by atoms with Gasteiger partial charge in [0.2, 0.25) is 0 Å². The van der Waals surface area contributed by atoms with Crippen molar-refractivity contribution in [2.75, 3.05) is 5.32 Å². The normalized spacial score (nSPS) is 10.6. The van der Waals surface area contributed by atoms with Crippen LogP contribution in [-0.4, -0.2) is 49.2 Å². The summed E-state index contributed by atoms with van der Waals surface area (Å²) in [4.78, 5) is 50.9. The van der Waals surface area contributed by atoms with Crippen molar-refractivity contribution < 1.29 is 39.6 Å². The number of carboxylic acid groups (broad SMARTS) is 3. The van der Waals surface area contributed by atoms with Gasteiger partial charge in [0.15, 0.2) is 0 Å². The van der Waals surface area contributed by atoms with Gasteiger partial charge in [0.05, 0.1) is 22.4 Å². The number of nitrogens with one attached hydrogen (secondary N) is 2. The van der Waals surface area contributed by atoms with Gasteiger partial charge in [-0.1, -0.05) is 30.3 Å². The molecule has 4 rings (SSSR count). The quantitative estimate of drug-likeness (QED) is 0.223. The van der Waals surface area contributed by atoms with E-state index in [9.17, 15) is 34.5 Å². The molecule has 0 spiro atoms. The van der Waals surface area contributed by atoms with E-state index >= 15 is 0 Å². The zero-order valence-electron chi connectivity index (χ0n) is 18.4. The van der Waals surface area contributed by atoms with Crippen LogP contribution in [0.1, 0.15) is 41.4 Å². The van der Waals surface area contributed by atoms with E-state index in [4.69, 9.17) is 5.11 Å². The number of aromatic carboxylic acids is 3. The van der Waals surface area contributed by atoms with E-state index in [0.29, 0.717) is 17.7 Å². The number of aromatic amines is 1. The summed E-state index contributed by atoms with van der Waals surface area (Å²) in [7, 11) is 0. The SMILES string of the molecule is O=C(O)c1cc(C(=O)O)c(C(=O)Nc2cc(-c3ccccc3-c3ccc[nH]3)ccc2C(=O)O)cc1O. The topological polar surface area (TPSA) is 177 Å². The number of anilines is 1. The molecular formula is C26H18N2O8. The fourth-order valence-electron chi connectivity index (χ4n) is 3.78. The first kappa shape index (κ1) is 23.8. The van der Waals surface area contributed by atoms with Crippen molar-refractivity contribution in [3.63, 3.8) is 0 Å². The number of carbonyl (C=O) groups is 4. The van der Waals surface area contributed by atoms with E-state index < -0.39 is 46.3 Å². The first-order valence-electron chi connectivity index (χ1n) is 10.4. The summed E-state index contributed by atoms with van der Waals surface area (Å²) < 4.78 is 0. The van der Waals surface area contributed by atoms with Gasteiger partial charge in [-0.3, -0.25) is 4.79 Å². The lowest BCUT2D eigenvalue weighted by Gasteiger charge is -2.14. The number of amides is 1. The number of H-pyrrole nitrogens is 1. The molecule has 1 aromatic heterocycles. The minimum atomic E-state index is -1.60. The Balaban J connectivity index is 1.80. The van der Waals surface area contributed by atoms with E-state index in [1.54, 1.807) is 18.3 Å². The predicted octanol–water partition coefficient (Wildman–Crippen LogP) is 4.40. The van der Waals surface area contributed by atoms with Gasteiger partial charge in [0.25, 0.3) is 5.91 Å². The number of aromatic nitrogens is 1. The Labute approximate surface area is 203 Å². The number of phenols is 1. The van der Waals surface area contributed by atoms with Gasteiger partial charge in [0, 0.05) is 17.5 Å². The molecule has 0 bridgehead atoms. The van der Waals surface area contributed by atoms with Crippen molar-refractivity contribution in [1.29, 1.82) is 0 Å². The molecule has 10 heteroatoms. The maximum absolute atomic E-state index is 13.0. The van der Waals surface area contributed by atoms with Gasteiger partial charge in [-0.15, -0.1) is 0 Å². The van der Waals surface area contributed by atoms with Crippen molar-refractivity contribution in [2.24, 2.45) is 0 Å². The summed E-state index contributed by atoms with van der Waals surface area (Å²) in [5, 5.41) is 40.7. The van der Waals surface area contributed by atoms with Crippen LogP contribution in [0, 0.1) is 0 Å². The second kappa shape index (κ2) is 9.47. The van der Waals surface area contributed by atoms with Gasteiger partial charge < -0.3 is 30.7 Å². The van der Waals surface area contributed by atoms with Crippen LogP contribution < -0.4 is 5.32 Å². The van der Waals surface area contributed by atoms with Crippen LogP contribution in [0.25, 0.3) is 22.4 Å². The molecule has 0 atom stereocenters. The Kier molecular flexibility index (Phi) is 6.25. The lowest BCUT2D eigenvalue weighted by molar-refractivity contribution is 0.0679. The minimum Gasteiger partial charge on any atom is -0.507 e. The summed E-state index contributed by atoms with van der Waals surface area (Å²) in [5.74, 6) is -6.38. The van der Waals surface area contributed by atoms with Crippen LogP contribution in [0.15, 0.2) is 72.9 Å². The third kappa shape index (κ3) is 4.50. The van der Waals surface area contributed by atoms with Gasteiger partial charge in [-0.25, -0.2) is 14.4 Å². The Morgan fingerprint density at radius 3 is 1.94 bits per heavy atom. The fraction of sp³-hybridized carbons (Fsp3) is 0. The number of benzene rings is 3. The summed E-state index contributed by atoms with van der Waals surface area (Å²) in [5.41, 5.74) is 0.662. The molecule has 0 unspecified atom stereocenters. The molecule has 0 saturated heterocycles. The third-order valence-corrected chi connectivity index (χ3v) is 5.47. The first-order chi connectivity index (χ1) is 17.2. The van der Waals surface area contributed by atoms with E-state index in [-0.39, 0.29) is 11.3 Å². The molecule has 0 aliphatic heterocycles. The van der Waals surface area contributed by atoms with Crippen LogP contribution in [0.3, 0.4) is 0 Å². The zero-order valence-corrected chi connectivity index (χ0v) is 18.4. The van der Waals surface area contributed by atoms with E-state index in [1.807, 2.05) is 30.3 Å². The van der Waals surface area contributed by atoms with Crippen LogP contribution in [0.5, 0.6) is 5.75 Å². The average molecular weight is 486 g/mol. The minimum absolute atomic E-state index is 0.121. The first-order valence-corrected chi connectivity index (χ1v) is 10.4. The largest absolute Gasteiger partial charge is 0.507 e. The molecule has 0 aliphatic rings. The Morgan fingerprint density at radius 2 is 1.33 bits per heavy atom. The second-order valence-electron chi connectivity index (χ2n) is 7.67. The maximum Gasteiger partial charge on any atom is 0.339 e. The Hall–Kier alpha value is -5.38. The Bertz CT molecular complexity index is 1520. The molecular weight excluding hydrogens is 468 g/mol. The molecule has 10 nitrogen and oxygen atoms in total. The monoisotopic (exact) mass is 486 g/mol. The van der Waals surface area contributed by atoms with Gasteiger partial charge in [-0.05, 0) is 47.5 Å². The molecule has 0 radical (unpaired) electrons. The number of rotatable bonds is 7. The molecule has 36 heavy (non-hydrogen) atoms. The van der Waals surface area contributed by atoms with Gasteiger partial charge >= 0.3 is 17.9 Å². The highest BCUT2D eigenvalue weighted by Crippen LogP contribution is 2.34. The van der Waals surface area contributed by atoms with Crippen LogP contribution >= 0.6 is 0 Å². The molecule has 1 heterocycles. The molecule has 6 N–H and O–H groups in total. The summed E-state index contributed by atoms with van der Waals surface area (Å²) >= 11 is 0. The van der Waals surface area contributed by atoms with Gasteiger partial charge in [0.1, 0.15) is 11.3 Å². The molecule has 180 valence electrons. The average Bonchev–Trinajstić information content (AvgIpc) is 3.38. The molecule has 0 aliphatic carbocycles. The molecule has 4 aromatic rings. The third-order valence-electron chi connectivity index (χ3n) is 5.47. The van der Waals surface area contributed by atoms with Crippen molar-refractivity contribution in [3.05, 3.63) is 95.2 Å². The molecule has 3 aromatic carbocycles. The highest BCUT2D eigenvalue weighted by molar-refractivity contribution is 6.14. The van der Waals surface area contributed by atoms with Crippen molar-refractivity contribution in [1.82, 2.24) is 4.98 Å². The lowest BCUT2D eigenvalue weighted by Crippen LogP contribution is -2.19. The number of aromatic hydroxyl groups is 1. The van der Waals surface area contributed by atoms with Crippen LogP contribution in [-0.2, 0) is 0 Å². The summed E-state index contributed by atoms with van der Waals surface area (Å²) in [6, 6.07) is 16.7. The predicted molar refractivity (Wildman–Crippen MR) is 129 cm³/mol. The molecule has 0 saturated carbocycles. The fourth-order valence-corrected chi connectivity index (χ4v) is 3.78. The second-order valence-corrected chi connectivity index (χ2v) is 7.67. The number of carbonyl (C=O) groups excluding carboxylic acids is 1. The summed E-state index contributed by atoms with van der Waals surface area (Å²) in [6.07, 6.45) is 1.76. The van der Waals surface area contributed by atoms with Crippen molar-refractivity contribution >= 4 is 29.5 Å². The van der Waals surface area contributed by atoms with Crippen LogP contribution in [0.2, 0.25) is 0 Å². The van der Waals surface area contributed by atoms with Crippen molar-refractivity contribution in [2.45, 2.75) is 0 Å². The van der Waals surface area contributed by atoms with Crippen molar-refractivity contribution in [3.8, 4) is 28.1 Å². The smallest absolute Gasteiger partial charge is 0.339 e. The molecule has 0 fully saturated rings. The standard InChI is InChI=1S/C26H18N2O8/c29-22-12-17(18(25(33)34)11-19(22)26(35)36)23(30)28-21-10-13(7-8-16(21)24(31)32)14-4-1-2-5-15(14)20-6-3-9-27-20/h1-12,27,29H,(H,28,30)(H,31,32)(H,33,34)(H,35,36). The highest BCUT2D eigenvalue weighted by atomic mass is 16.4. The number of carboxylic acids is 3. The van der Waals surface area contributed by atoms with E-state index in [2.05, 4.69) is 10.3 Å².